The molecule has 0 fully saturated rings. The molecule has 0 saturated carbocycles. The van der Waals surface area contributed by atoms with Crippen molar-refractivity contribution in [2.24, 2.45) is 5.10 Å². The van der Waals surface area contributed by atoms with Gasteiger partial charge in [-0.05, 0) is 24.8 Å². The van der Waals surface area contributed by atoms with Crippen molar-refractivity contribution in [3.05, 3.63) is 52.0 Å². The van der Waals surface area contributed by atoms with Gasteiger partial charge in [-0.15, -0.1) is 10.2 Å². The van der Waals surface area contributed by atoms with Gasteiger partial charge in [-0.25, -0.2) is 0 Å². The van der Waals surface area contributed by atoms with E-state index in [-0.39, 0.29) is 5.69 Å². The minimum Gasteiger partial charge on any atom is -0.458 e. The number of furan rings is 1. The van der Waals surface area contributed by atoms with Gasteiger partial charge in [-0.3, -0.25) is 14.8 Å². The van der Waals surface area contributed by atoms with E-state index in [2.05, 4.69) is 20.4 Å². The lowest BCUT2D eigenvalue weighted by Crippen LogP contribution is -1.98. The number of hydrogen-bond acceptors (Lipinski definition) is 8. The Morgan fingerprint density at radius 3 is 3.00 bits per heavy atom. The number of nitrogens with zero attached hydrogens (tertiary/aromatic N) is 7. The number of aromatic nitrogens is 5. The molecule has 0 aliphatic heterocycles. The van der Waals surface area contributed by atoms with E-state index in [9.17, 15) is 10.1 Å². The van der Waals surface area contributed by atoms with Gasteiger partial charge in [0.2, 0.25) is 5.16 Å². The summed E-state index contributed by atoms with van der Waals surface area (Å²) in [5, 5.41) is 27.7. The first-order valence-corrected chi connectivity index (χ1v) is 8.40. The van der Waals surface area contributed by atoms with Crippen molar-refractivity contribution in [2.75, 3.05) is 5.75 Å². The van der Waals surface area contributed by atoms with Crippen LogP contribution in [0.1, 0.15) is 24.3 Å². The first-order valence-electron chi connectivity index (χ1n) is 7.41. The first kappa shape index (κ1) is 16.9. The second-order valence-corrected chi connectivity index (χ2v) is 6.21. The molecule has 0 N–H and O–H groups in total. The van der Waals surface area contributed by atoms with Crippen LogP contribution in [0, 0.1) is 17.0 Å². The summed E-state index contributed by atoms with van der Waals surface area (Å²) in [6.45, 7) is 4.15. The molecular formula is C14H15N7O3S. The van der Waals surface area contributed by atoms with Crippen molar-refractivity contribution < 1.29 is 9.34 Å². The van der Waals surface area contributed by atoms with E-state index in [1.807, 2.05) is 13.8 Å². The molecule has 0 amide bonds. The Labute approximate surface area is 146 Å². The monoisotopic (exact) mass is 361 g/mol. The smallest absolute Gasteiger partial charge is 0.307 e. The fourth-order valence-corrected chi connectivity index (χ4v) is 2.71. The number of nitro groups is 1. The van der Waals surface area contributed by atoms with E-state index in [0.29, 0.717) is 29.0 Å². The molecule has 0 bridgehead atoms. The quantitative estimate of drug-likeness (QED) is 0.274. The summed E-state index contributed by atoms with van der Waals surface area (Å²) >= 11 is 1.55. The Balaban J connectivity index is 1.71. The van der Waals surface area contributed by atoms with E-state index >= 15 is 0 Å². The molecule has 10 nitrogen and oxygen atoms in total. The Kier molecular flexibility index (Phi) is 4.93. The Bertz CT molecular complexity index is 911. The molecule has 3 heterocycles. The van der Waals surface area contributed by atoms with Crippen LogP contribution in [0.3, 0.4) is 0 Å². The minimum absolute atomic E-state index is 0.0580. The fourth-order valence-electron chi connectivity index (χ4n) is 2.05. The van der Waals surface area contributed by atoms with E-state index in [0.717, 1.165) is 5.75 Å². The van der Waals surface area contributed by atoms with E-state index in [1.165, 1.54) is 17.1 Å². The summed E-state index contributed by atoms with van der Waals surface area (Å²) in [5.74, 6) is 2.72. The van der Waals surface area contributed by atoms with Gasteiger partial charge in [0.15, 0.2) is 5.82 Å². The maximum atomic E-state index is 10.7. The van der Waals surface area contributed by atoms with Gasteiger partial charge in [0.05, 0.1) is 17.7 Å². The van der Waals surface area contributed by atoms with Gasteiger partial charge < -0.3 is 4.42 Å². The van der Waals surface area contributed by atoms with Crippen LogP contribution in [0.5, 0.6) is 0 Å². The Morgan fingerprint density at radius 1 is 1.44 bits per heavy atom. The predicted octanol–water partition coefficient (Wildman–Crippen LogP) is 2.33. The summed E-state index contributed by atoms with van der Waals surface area (Å²) in [6, 6.07) is 3.54. The normalized spacial score (nSPS) is 11.4. The maximum absolute atomic E-state index is 10.7. The lowest BCUT2D eigenvalue weighted by Gasteiger charge is -1.99. The van der Waals surface area contributed by atoms with Crippen molar-refractivity contribution in [2.45, 2.75) is 25.5 Å². The molecule has 0 saturated heterocycles. The molecule has 25 heavy (non-hydrogen) atoms. The van der Waals surface area contributed by atoms with Crippen molar-refractivity contribution in [3.63, 3.8) is 0 Å². The third kappa shape index (κ3) is 3.94. The zero-order valence-electron chi connectivity index (χ0n) is 13.6. The van der Waals surface area contributed by atoms with Gasteiger partial charge in [0, 0.05) is 0 Å². The van der Waals surface area contributed by atoms with Gasteiger partial charge in [-0.1, -0.05) is 18.7 Å². The zero-order valence-corrected chi connectivity index (χ0v) is 14.4. The summed E-state index contributed by atoms with van der Waals surface area (Å²) in [5.41, 5.74) is -0.0580. The Hall–Kier alpha value is -2.95. The molecule has 3 aromatic rings. The molecule has 0 aliphatic rings. The zero-order chi connectivity index (χ0) is 17.8. The molecule has 0 unspecified atom stereocenters. The van der Waals surface area contributed by atoms with Crippen LogP contribution >= 0.6 is 11.8 Å². The average molecular weight is 361 g/mol. The molecule has 0 aromatic carbocycles. The molecule has 0 spiro atoms. The number of rotatable bonds is 7. The standard InChI is InChI=1S/C14H15N7O3S/c1-3-25-14-18-17-10(2)20(14)16-7-12-4-5-13(24-12)9-19-8-11(6-15-19)21(22)23/h4-8H,3,9H2,1-2H3/b16-7-. The second kappa shape index (κ2) is 7.30. The summed E-state index contributed by atoms with van der Waals surface area (Å²) in [7, 11) is 0. The summed E-state index contributed by atoms with van der Waals surface area (Å²) in [6.07, 6.45) is 4.13. The van der Waals surface area contributed by atoms with Crippen LogP contribution in [0.4, 0.5) is 5.69 Å². The summed E-state index contributed by atoms with van der Waals surface area (Å²) < 4.78 is 8.74. The topological polar surface area (TPSA) is 117 Å². The molecule has 11 heteroatoms. The van der Waals surface area contributed by atoms with E-state index < -0.39 is 4.92 Å². The van der Waals surface area contributed by atoms with Crippen LogP contribution in [0.15, 0.2) is 39.2 Å². The highest BCUT2D eigenvalue weighted by molar-refractivity contribution is 7.99. The van der Waals surface area contributed by atoms with Crippen molar-refractivity contribution in [1.82, 2.24) is 24.7 Å². The minimum atomic E-state index is -0.489. The number of thioether (sulfide) groups is 1. The largest absolute Gasteiger partial charge is 0.458 e. The summed E-state index contributed by atoms with van der Waals surface area (Å²) in [4.78, 5) is 10.2. The Morgan fingerprint density at radius 2 is 2.28 bits per heavy atom. The highest BCUT2D eigenvalue weighted by Crippen LogP contribution is 2.16. The van der Waals surface area contributed by atoms with Gasteiger partial charge in [-0.2, -0.15) is 14.9 Å². The first-order chi connectivity index (χ1) is 12.1. The van der Waals surface area contributed by atoms with Crippen molar-refractivity contribution >= 4 is 23.7 Å². The van der Waals surface area contributed by atoms with E-state index in [4.69, 9.17) is 4.42 Å². The van der Waals surface area contributed by atoms with Crippen LogP contribution in [0.2, 0.25) is 0 Å². The van der Waals surface area contributed by atoms with Gasteiger partial charge >= 0.3 is 5.69 Å². The van der Waals surface area contributed by atoms with Crippen LogP contribution < -0.4 is 0 Å². The van der Waals surface area contributed by atoms with E-state index in [1.54, 1.807) is 34.8 Å². The van der Waals surface area contributed by atoms with Crippen LogP contribution in [-0.2, 0) is 6.54 Å². The van der Waals surface area contributed by atoms with Crippen molar-refractivity contribution in [3.8, 4) is 0 Å². The lowest BCUT2D eigenvalue weighted by atomic mass is 10.4. The van der Waals surface area contributed by atoms with Crippen LogP contribution in [0.25, 0.3) is 0 Å². The van der Waals surface area contributed by atoms with Gasteiger partial charge in [0.1, 0.15) is 23.9 Å². The fraction of sp³-hybridized carbons (Fsp3) is 0.286. The third-order valence-electron chi connectivity index (χ3n) is 3.17. The molecule has 0 radical (unpaired) electrons. The molecule has 130 valence electrons. The molecule has 3 aromatic heterocycles. The van der Waals surface area contributed by atoms with Gasteiger partial charge in [0.25, 0.3) is 0 Å². The molecular weight excluding hydrogens is 346 g/mol. The number of hydrogen-bond donors (Lipinski definition) is 0. The second-order valence-electron chi connectivity index (χ2n) is 4.98. The van der Waals surface area contributed by atoms with Crippen LogP contribution in [-0.4, -0.2) is 41.5 Å². The third-order valence-corrected chi connectivity index (χ3v) is 3.97. The molecule has 0 atom stereocenters. The number of aryl methyl sites for hydroxylation is 1. The molecule has 0 aliphatic carbocycles. The average Bonchev–Trinajstić information content (AvgIpc) is 3.29. The predicted molar refractivity (Wildman–Crippen MR) is 90.8 cm³/mol. The lowest BCUT2D eigenvalue weighted by molar-refractivity contribution is -0.385. The van der Waals surface area contributed by atoms with Crippen molar-refractivity contribution in [1.29, 1.82) is 0 Å². The molecule has 3 rings (SSSR count). The maximum Gasteiger partial charge on any atom is 0.307 e. The SMILES string of the molecule is CCSc1nnc(C)n1/N=C\c1ccc(Cn2cc([N+](=O)[O-])cn2)o1. The highest BCUT2D eigenvalue weighted by atomic mass is 32.2. The highest BCUT2D eigenvalue weighted by Gasteiger charge is 2.11.